The summed E-state index contributed by atoms with van der Waals surface area (Å²) >= 11 is 0. The molecule has 2 rings (SSSR count). The van der Waals surface area contributed by atoms with E-state index in [-0.39, 0.29) is 17.6 Å². The summed E-state index contributed by atoms with van der Waals surface area (Å²) in [6.07, 6.45) is 0.891. The van der Waals surface area contributed by atoms with Gasteiger partial charge >= 0.3 is 0 Å². The number of halogens is 2. The molecule has 1 aliphatic heterocycles. The fraction of sp³-hybridized carbons (Fsp3) is 0.545. The van der Waals surface area contributed by atoms with E-state index in [1.54, 1.807) is 0 Å². The van der Waals surface area contributed by atoms with Crippen LogP contribution >= 0.6 is 0 Å². The van der Waals surface area contributed by atoms with E-state index in [1.807, 2.05) is 0 Å². The van der Waals surface area contributed by atoms with Gasteiger partial charge in [-0.25, -0.2) is 8.78 Å². The Kier molecular flexibility index (Phi) is 3.73. The number of hydrogen-bond acceptors (Lipinski definition) is 4. The minimum Gasteiger partial charge on any atom is -0.475 e. The van der Waals surface area contributed by atoms with Gasteiger partial charge in [0.2, 0.25) is 0 Å². The summed E-state index contributed by atoms with van der Waals surface area (Å²) in [6, 6.07) is 0.763. The van der Waals surface area contributed by atoms with Crippen LogP contribution in [0.3, 0.4) is 0 Å². The van der Waals surface area contributed by atoms with Crippen molar-refractivity contribution in [2.75, 3.05) is 32.2 Å². The number of nitrogens with one attached hydrogen (secondary N) is 1. The molecule has 4 nitrogen and oxygen atoms in total. The van der Waals surface area contributed by atoms with E-state index < -0.39 is 11.6 Å². The van der Waals surface area contributed by atoms with Crippen LogP contribution in [0.15, 0.2) is 6.07 Å². The molecule has 1 aromatic heterocycles. The third-order valence-electron chi connectivity index (χ3n) is 2.61. The molecule has 0 saturated carbocycles. The molecule has 1 unspecified atom stereocenters. The topological polar surface area (TPSA) is 43.4 Å². The molecule has 6 heteroatoms. The smallest absolute Gasteiger partial charge is 0.252 e. The predicted molar refractivity (Wildman–Crippen MR) is 58.1 cm³/mol. The molecule has 0 radical (unpaired) electrons. The van der Waals surface area contributed by atoms with Crippen molar-refractivity contribution in [1.29, 1.82) is 0 Å². The van der Waals surface area contributed by atoms with Crippen molar-refractivity contribution in [2.45, 2.75) is 6.42 Å². The van der Waals surface area contributed by atoms with Crippen LogP contribution in [-0.2, 0) is 4.74 Å². The normalized spacial score (nSPS) is 19.4. The number of hydrogen-bond donors (Lipinski definition) is 1. The highest BCUT2D eigenvalue weighted by Gasteiger charge is 2.18. The van der Waals surface area contributed by atoms with E-state index in [2.05, 4.69) is 10.3 Å². The second kappa shape index (κ2) is 5.27. The van der Waals surface area contributed by atoms with Gasteiger partial charge in [-0.3, -0.25) is 0 Å². The van der Waals surface area contributed by atoms with Crippen LogP contribution in [0.2, 0.25) is 0 Å². The molecule has 0 amide bonds. The van der Waals surface area contributed by atoms with Crippen molar-refractivity contribution in [3.05, 3.63) is 17.7 Å². The van der Waals surface area contributed by atoms with Gasteiger partial charge in [-0.05, 0) is 6.42 Å². The number of aromatic nitrogens is 1. The Morgan fingerprint density at radius 2 is 2.35 bits per heavy atom. The first kappa shape index (κ1) is 12.0. The number of rotatable bonds is 4. The fourth-order valence-electron chi connectivity index (χ4n) is 1.64. The summed E-state index contributed by atoms with van der Waals surface area (Å²) in [5.41, 5.74) is 0. The maximum absolute atomic E-state index is 13.4. The first-order valence-corrected chi connectivity index (χ1v) is 5.45. The molecule has 2 heterocycles. The molecule has 1 N–H and O–H groups in total. The number of nitrogens with zero attached hydrogens (tertiary/aromatic N) is 1. The maximum atomic E-state index is 13.4. The van der Waals surface area contributed by atoms with Gasteiger partial charge in [0.15, 0.2) is 17.5 Å². The Morgan fingerprint density at radius 3 is 3.00 bits per heavy atom. The molecule has 94 valence electrons. The van der Waals surface area contributed by atoms with Gasteiger partial charge in [0, 0.05) is 25.6 Å². The van der Waals surface area contributed by atoms with E-state index in [1.165, 1.54) is 7.05 Å². The van der Waals surface area contributed by atoms with Gasteiger partial charge in [-0.1, -0.05) is 0 Å². The standard InChI is InChI=1S/C11H14F2N2O2/c1-14-10-8(12)4-9(13)11(15-10)17-6-7-2-3-16-5-7/h4,7H,2-3,5-6H2,1H3,(H,14,15). The van der Waals surface area contributed by atoms with E-state index in [0.29, 0.717) is 19.8 Å². The quantitative estimate of drug-likeness (QED) is 0.877. The maximum Gasteiger partial charge on any atom is 0.252 e. The lowest BCUT2D eigenvalue weighted by atomic mass is 10.1. The molecule has 0 aliphatic carbocycles. The van der Waals surface area contributed by atoms with Crippen molar-refractivity contribution in [2.24, 2.45) is 5.92 Å². The SMILES string of the molecule is CNc1nc(OCC2CCOC2)c(F)cc1F. The van der Waals surface area contributed by atoms with Crippen LogP contribution in [0.25, 0.3) is 0 Å². The molecular weight excluding hydrogens is 230 g/mol. The van der Waals surface area contributed by atoms with Crippen molar-refractivity contribution in [1.82, 2.24) is 4.98 Å². The summed E-state index contributed by atoms with van der Waals surface area (Å²) in [5.74, 6) is -1.48. The molecule has 1 aromatic rings. The van der Waals surface area contributed by atoms with Crippen LogP contribution in [0.1, 0.15) is 6.42 Å². The number of pyridine rings is 1. The molecule has 0 aromatic carbocycles. The Balaban J connectivity index is 2.03. The van der Waals surface area contributed by atoms with E-state index in [9.17, 15) is 8.78 Å². The largest absolute Gasteiger partial charge is 0.475 e. The fourth-order valence-corrected chi connectivity index (χ4v) is 1.64. The second-order valence-electron chi connectivity index (χ2n) is 3.90. The van der Waals surface area contributed by atoms with Crippen LogP contribution in [-0.4, -0.2) is 31.9 Å². The first-order chi connectivity index (χ1) is 8.20. The number of ether oxygens (including phenoxy) is 2. The predicted octanol–water partition coefficient (Wildman–Crippen LogP) is 1.82. The summed E-state index contributed by atoms with van der Waals surface area (Å²) in [5, 5.41) is 2.53. The molecule has 1 saturated heterocycles. The summed E-state index contributed by atoms with van der Waals surface area (Å²) in [4.78, 5) is 3.73. The lowest BCUT2D eigenvalue weighted by Crippen LogP contribution is -2.13. The number of anilines is 1. The molecule has 0 spiro atoms. The van der Waals surface area contributed by atoms with Gasteiger partial charge < -0.3 is 14.8 Å². The van der Waals surface area contributed by atoms with E-state index in [0.717, 1.165) is 12.5 Å². The average Bonchev–Trinajstić information content (AvgIpc) is 2.81. The van der Waals surface area contributed by atoms with Gasteiger partial charge in [0.1, 0.15) is 0 Å². The first-order valence-electron chi connectivity index (χ1n) is 5.45. The minimum absolute atomic E-state index is 0.0240. The molecule has 1 fully saturated rings. The van der Waals surface area contributed by atoms with Gasteiger partial charge in [0.05, 0.1) is 13.2 Å². The third-order valence-corrected chi connectivity index (χ3v) is 2.61. The highest BCUT2D eigenvalue weighted by Crippen LogP contribution is 2.22. The minimum atomic E-state index is -0.791. The lowest BCUT2D eigenvalue weighted by Gasteiger charge is -2.11. The summed E-state index contributed by atoms with van der Waals surface area (Å²) < 4.78 is 36.9. The highest BCUT2D eigenvalue weighted by atomic mass is 19.1. The van der Waals surface area contributed by atoms with Crippen molar-refractivity contribution >= 4 is 5.82 Å². The summed E-state index contributed by atoms with van der Waals surface area (Å²) in [7, 11) is 1.51. The van der Waals surface area contributed by atoms with Crippen LogP contribution in [0, 0.1) is 17.6 Å². The molecule has 0 bridgehead atoms. The zero-order chi connectivity index (χ0) is 12.3. The second-order valence-corrected chi connectivity index (χ2v) is 3.90. The van der Waals surface area contributed by atoms with E-state index >= 15 is 0 Å². The van der Waals surface area contributed by atoms with Gasteiger partial charge in [-0.15, -0.1) is 0 Å². The molecular formula is C11H14F2N2O2. The van der Waals surface area contributed by atoms with Crippen LogP contribution in [0.5, 0.6) is 5.88 Å². The van der Waals surface area contributed by atoms with E-state index in [4.69, 9.17) is 9.47 Å². The zero-order valence-corrected chi connectivity index (χ0v) is 9.50. The van der Waals surface area contributed by atoms with Crippen molar-refractivity contribution < 1.29 is 18.3 Å². The van der Waals surface area contributed by atoms with Gasteiger partial charge in [0.25, 0.3) is 5.88 Å². The zero-order valence-electron chi connectivity index (χ0n) is 9.50. The van der Waals surface area contributed by atoms with Gasteiger partial charge in [-0.2, -0.15) is 4.98 Å². The van der Waals surface area contributed by atoms with Crippen molar-refractivity contribution in [3.8, 4) is 5.88 Å². The lowest BCUT2D eigenvalue weighted by molar-refractivity contribution is 0.163. The monoisotopic (exact) mass is 244 g/mol. The molecule has 1 atom stereocenters. The third kappa shape index (κ3) is 2.82. The molecule has 1 aliphatic rings. The Hall–Kier alpha value is -1.43. The average molecular weight is 244 g/mol. The Labute approximate surface area is 97.9 Å². The summed E-state index contributed by atoms with van der Waals surface area (Å²) in [6.45, 7) is 1.65. The Bertz CT molecular complexity index is 395. The Morgan fingerprint density at radius 1 is 1.53 bits per heavy atom. The highest BCUT2D eigenvalue weighted by molar-refractivity contribution is 5.38. The van der Waals surface area contributed by atoms with Crippen LogP contribution in [0.4, 0.5) is 14.6 Å². The van der Waals surface area contributed by atoms with Crippen LogP contribution < -0.4 is 10.1 Å². The van der Waals surface area contributed by atoms with Crippen molar-refractivity contribution in [3.63, 3.8) is 0 Å². The molecule has 17 heavy (non-hydrogen) atoms.